The smallest absolute Gasteiger partial charge is 0.368 e. The van der Waals surface area contributed by atoms with Crippen molar-refractivity contribution in [3.8, 4) is 5.69 Å². The topological polar surface area (TPSA) is 128 Å². The lowest BCUT2D eigenvalue weighted by Crippen LogP contribution is -2.40. The van der Waals surface area contributed by atoms with Crippen molar-refractivity contribution in [2.24, 2.45) is 0 Å². The summed E-state index contributed by atoms with van der Waals surface area (Å²) < 4.78 is 34.0. The molecule has 4 rings (SSSR count). The van der Waals surface area contributed by atoms with E-state index in [2.05, 4.69) is 15.7 Å². The molecule has 3 aromatic rings. The first kappa shape index (κ1) is 21.9. The molecule has 0 atom stereocenters. The molecule has 0 saturated carbocycles. The average molecular weight is 459 g/mol. The Morgan fingerprint density at radius 2 is 1.69 bits per heavy atom. The van der Waals surface area contributed by atoms with Crippen molar-refractivity contribution in [3.63, 3.8) is 0 Å². The van der Waals surface area contributed by atoms with Gasteiger partial charge >= 0.3 is 5.69 Å². The molecule has 168 valence electrons. The number of morpholine rings is 1. The van der Waals surface area contributed by atoms with E-state index in [0.29, 0.717) is 32.0 Å². The quantitative estimate of drug-likeness (QED) is 0.518. The molecule has 0 bridgehead atoms. The van der Waals surface area contributed by atoms with Crippen LogP contribution in [0.15, 0.2) is 64.3 Å². The van der Waals surface area contributed by atoms with E-state index in [1.165, 1.54) is 16.4 Å². The van der Waals surface area contributed by atoms with Crippen molar-refractivity contribution < 1.29 is 17.9 Å². The molecule has 12 heteroatoms. The third-order valence-corrected chi connectivity index (χ3v) is 6.87. The summed E-state index contributed by atoms with van der Waals surface area (Å²) in [6, 6.07) is 15.1. The lowest BCUT2D eigenvalue weighted by Gasteiger charge is -2.26. The summed E-state index contributed by atoms with van der Waals surface area (Å²) in [5, 5.41) is 10.2. The van der Waals surface area contributed by atoms with Crippen LogP contribution in [0.3, 0.4) is 0 Å². The minimum absolute atomic E-state index is 0.179. The van der Waals surface area contributed by atoms with Gasteiger partial charge in [-0.05, 0) is 40.3 Å². The Morgan fingerprint density at radius 1 is 1.00 bits per heavy atom. The molecule has 0 spiro atoms. The summed E-state index contributed by atoms with van der Waals surface area (Å²) in [5.41, 5.74) is 0.750. The van der Waals surface area contributed by atoms with E-state index in [-0.39, 0.29) is 18.0 Å². The molecule has 1 fully saturated rings. The first-order chi connectivity index (χ1) is 15.4. The van der Waals surface area contributed by atoms with Gasteiger partial charge in [0.05, 0.1) is 23.8 Å². The highest BCUT2D eigenvalue weighted by Gasteiger charge is 2.26. The van der Waals surface area contributed by atoms with E-state index in [4.69, 9.17) is 4.74 Å². The number of carbonyl (C=O) groups is 1. The van der Waals surface area contributed by atoms with E-state index in [0.717, 1.165) is 14.9 Å². The number of nitrogens with zero attached hydrogens (tertiary/aromatic N) is 5. The first-order valence-corrected chi connectivity index (χ1v) is 11.4. The second-order valence-electron chi connectivity index (χ2n) is 7.10. The Kier molecular flexibility index (Phi) is 6.44. The highest BCUT2D eigenvalue weighted by atomic mass is 32.2. The molecule has 1 aliphatic heterocycles. The summed E-state index contributed by atoms with van der Waals surface area (Å²) >= 11 is 0. The van der Waals surface area contributed by atoms with Gasteiger partial charge < -0.3 is 10.1 Å². The number of amides is 1. The molecule has 0 radical (unpaired) electrons. The molecule has 32 heavy (non-hydrogen) atoms. The van der Waals surface area contributed by atoms with Gasteiger partial charge in [0.25, 0.3) is 0 Å². The summed E-state index contributed by atoms with van der Waals surface area (Å²) in [4.78, 5) is 24.8. The number of hydrogen-bond acceptors (Lipinski definition) is 7. The van der Waals surface area contributed by atoms with Crippen LogP contribution in [0.1, 0.15) is 5.56 Å². The maximum atomic E-state index is 12.7. The lowest BCUT2D eigenvalue weighted by molar-refractivity contribution is -0.122. The van der Waals surface area contributed by atoms with Gasteiger partial charge in [0, 0.05) is 19.6 Å². The fourth-order valence-electron chi connectivity index (χ4n) is 3.21. The van der Waals surface area contributed by atoms with Gasteiger partial charge in [-0.15, -0.1) is 0 Å². The normalized spacial score (nSPS) is 14.9. The number of ether oxygens (including phenoxy) is 1. The van der Waals surface area contributed by atoms with E-state index >= 15 is 0 Å². The number of carbonyl (C=O) groups excluding carboxylic acids is 1. The third-order valence-electron chi connectivity index (χ3n) is 4.95. The number of rotatable bonds is 7. The Labute approximate surface area is 184 Å². The number of tetrazole rings is 1. The standard InChI is InChI=1S/C20H22N6O5S/c27-19(15-25-20(28)26(23-22-25)17-4-2-1-3-5-17)21-14-16-6-8-18(9-7-16)32(29,30)24-10-12-31-13-11-24/h1-9H,10-15H2,(H,21,27). The molecule has 2 heterocycles. The molecule has 0 unspecified atom stereocenters. The lowest BCUT2D eigenvalue weighted by atomic mass is 10.2. The number of nitrogens with one attached hydrogen (secondary N) is 1. The number of hydrogen-bond donors (Lipinski definition) is 1. The predicted octanol–water partition coefficient (Wildman–Crippen LogP) is -0.234. The van der Waals surface area contributed by atoms with Crippen LogP contribution < -0.4 is 11.0 Å². The maximum Gasteiger partial charge on any atom is 0.368 e. The summed E-state index contributed by atoms with van der Waals surface area (Å²) in [7, 11) is -3.57. The van der Waals surface area contributed by atoms with Crippen LogP contribution in [-0.4, -0.2) is 64.7 Å². The first-order valence-electron chi connectivity index (χ1n) is 9.97. The molecule has 1 aromatic heterocycles. The average Bonchev–Trinajstić information content (AvgIpc) is 3.19. The third kappa shape index (κ3) is 4.77. The van der Waals surface area contributed by atoms with E-state index < -0.39 is 21.6 Å². The monoisotopic (exact) mass is 458 g/mol. The number of aromatic nitrogens is 4. The fourth-order valence-corrected chi connectivity index (χ4v) is 4.62. The molecule has 1 saturated heterocycles. The van der Waals surface area contributed by atoms with Crippen molar-refractivity contribution >= 4 is 15.9 Å². The van der Waals surface area contributed by atoms with Crippen LogP contribution in [0.2, 0.25) is 0 Å². The van der Waals surface area contributed by atoms with Crippen molar-refractivity contribution in [2.45, 2.75) is 18.0 Å². The van der Waals surface area contributed by atoms with E-state index in [9.17, 15) is 18.0 Å². The minimum Gasteiger partial charge on any atom is -0.379 e. The van der Waals surface area contributed by atoms with E-state index in [1.54, 1.807) is 36.4 Å². The molecular formula is C20H22N6O5S. The number of para-hydroxylation sites is 1. The Balaban J connectivity index is 1.35. The van der Waals surface area contributed by atoms with Crippen molar-refractivity contribution in [3.05, 3.63) is 70.6 Å². The predicted molar refractivity (Wildman–Crippen MR) is 113 cm³/mol. The van der Waals surface area contributed by atoms with Crippen molar-refractivity contribution in [1.82, 2.24) is 29.4 Å². The zero-order chi connectivity index (χ0) is 22.6. The molecule has 0 aliphatic carbocycles. The van der Waals surface area contributed by atoms with Gasteiger partial charge in [-0.3, -0.25) is 4.79 Å². The van der Waals surface area contributed by atoms with Crippen LogP contribution in [0.5, 0.6) is 0 Å². The Morgan fingerprint density at radius 3 is 2.38 bits per heavy atom. The Bertz CT molecular complexity index is 1230. The van der Waals surface area contributed by atoms with Gasteiger partial charge in [0.1, 0.15) is 6.54 Å². The second-order valence-corrected chi connectivity index (χ2v) is 9.04. The summed E-state index contributed by atoms with van der Waals surface area (Å²) in [6.45, 7) is 1.31. The van der Waals surface area contributed by atoms with Gasteiger partial charge in [0.15, 0.2) is 0 Å². The molecule has 1 amide bonds. The van der Waals surface area contributed by atoms with Crippen LogP contribution in [-0.2, 0) is 32.6 Å². The van der Waals surface area contributed by atoms with Crippen molar-refractivity contribution in [2.75, 3.05) is 26.3 Å². The zero-order valence-corrected chi connectivity index (χ0v) is 17.9. The maximum absolute atomic E-state index is 12.7. The number of benzene rings is 2. The zero-order valence-electron chi connectivity index (χ0n) is 17.1. The van der Waals surface area contributed by atoms with Crippen LogP contribution in [0.25, 0.3) is 5.69 Å². The second kappa shape index (κ2) is 9.42. The van der Waals surface area contributed by atoms with Crippen molar-refractivity contribution in [1.29, 1.82) is 0 Å². The number of sulfonamides is 1. The van der Waals surface area contributed by atoms with Gasteiger partial charge in [-0.25, -0.2) is 13.2 Å². The largest absolute Gasteiger partial charge is 0.379 e. The fraction of sp³-hybridized carbons (Fsp3) is 0.300. The van der Waals surface area contributed by atoms with Crippen LogP contribution >= 0.6 is 0 Å². The van der Waals surface area contributed by atoms with Gasteiger partial charge in [0.2, 0.25) is 15.9 Å². The highest BCUT2D eigenvalue weighted by molar-refractivity contribution is 7.89. The molecular weight excluding hydrogens is 436 g/mol. The summed E-state index contributed by atoms with van der Waals surface area (Å²) in [5.74, 6) is -0.419. The molecule has 1 aliphatic rings. The summed E-state index contributed by atoms with van der Waals surface area (Å²) in [6.07, 6.45) is 0. The van der Waals surface area contributed by atoms with Crippen LogP contribution in [0, 0.1) is 0 Å². The van der Waals surface area contributed by atoms with Gasteiger partial charge in [-0.1, -0.05) is 30.3 Å². The molecule has 2 aromatic carbocycles. The Hall–Kier alpha value is -3.35. The minimum atomic E-state index is -3.57. The van der Waals surface area contributed by atoms with E-state index in [1.807, 2.05) is 6.07 Å². The SMILES string of the molecule is O=C(Cn1nnn(-c2ccccc2)c1=O)NCc1ccc(S(=O)(=O)N2CCOCC2)cc1. The highest BCUT2D eigenvalue weighted by Crippen LogP contribution is 2.17. The molecule has 11 nitrogen and oxygen atoms in total. The molecule has 1 N–H and O–H groups in total. The van der Waals surface area contributed by atoms with Crippen LogP contribution in [0.4, 0.5) is 0 Å². The van der Waals surface area contributed by atoms with Gasteiger partial charge in [-0.2, -0.15) is 13.7 Å².